The van der Waals surface area contributed by atoms with Gasteiger partial charge in [-0.2, -0.15) is 0 Å². The molecule has 1 N–H and O–H groups in total. The molecule has 2 aliphatic heterocycles. The van der Waals surface area contributed by atoms with Crippen LogP contribution in [0.25, 0.3) is 11.3 Å². The van der Waals surface area contributed by atoms with E-state index in [1.54, 1.807) is 20.4 Å². The van der Waals surface area contributed by atoms with Crippen LogP contribution in [0.3, 0.4) is 0 Å². The quantitative estimate of drug-likeness (QED) is 0.915. The van der Waals surface area contributed by atoms with E-state index in [-0.39, 0.29) is 18.1 Å². The van der Waals surface area contributed by atoms with Crippen LogP contribution in [0.2, 0.25) is 0 Å². The van der Waals surface area contributed by atoms with Gasteiger partial charge in [-0.25, -0.2) is 0 Å². The monoisotopic (exact) mass is 353 g/mol. The number of amides is 1. The topological polar surface area (TPSA) is 63.7 Å². The summed E-state index contributed by atoms with van der Waals surface area (Å²) in [4.78, 5) is 19.6. The van der Waals surface area contributed by atoms with E-state index in [0.717, 1.165) is 28.9 Å². The van der Waals surface area contributed by atoms with Crippen molar-refractivity contribution < 1.29 is 14.3 Å². The van der Waals surface area contributed by atoms with Crippen LogP contribution in [0.1, 0.15) is 32.0 Å². The van der Waals surface area contributed by atoms with Gasteiger partial charge in [-0.1, -0.05) is 19.9 Å². The van der Waals surface area contributed by atoms with E-state index < -0.39 is 0 Å². The fraction of sp³-hybridized carbons (Fsp3) is 0.400. The number of pyridine rings is 1. The summed E-state index contributed by atoms with van der Waals surface area (Å²) in [6, 6.07) is 7.50. The van der Waals surface area contributed by atoms with Crippen LogP contribution >= 0.6 is 0 Å². The van der Waals surface area contributed by atoms with Crippen LogP contribution in [-0.4, -0.2) is 31.2 Å². The Balaban J connectivity index is 1.91. The van der Waals surface area contributed by atoms with Crippen molar-refractivity contribution in [3.05, 3.63) is 36.0 Å². The number of carbonyl (C=O) groups is 1. The molecule has 3 heterocycles. The van der Waals surface area contributed by atoms with Gasteiger partial charge in [0.15, 0.2) is 11.5 Å². The van der Waals surface area contributed by atoms with E-state index in [0.29, 0.717) is 17.4 Å². The Kier molecular flexibility index (Phi) is 4.07. The van der Waals surface area contributed by atoms with Crippen LogP contribution in [0, 0.1) is 5.92 Å². The van der Waals surface area contributed by atoms with Crippen LogP contribution in [0.5, 0.6) is 11.5 Å². The summed E-state index contributed by atoms with van der Waals surface area (Å²) >= 11 is 0. The first-order chi connectivity index (χ1) is 12.5. The molecule has 0 bridgehead atoms. The molecule has 1 aromatic heterocycles. The molecule has 2 aliphatic rings. The molecular formula is C20H23N3O3. The van der Waals surface area contributed by atoms with Gasteiger partial charge in [0.2, 0.25) is 5.91 Å². The number of methoxy groups -OCH3 is 2. The summed E-state index contributed by atoms with van der Waals surface area (Å²) in [7, 11) is 3.21. The third-order valence-electron chi connectivity index (χ3n) is 5.01. The zero-order chi connectivity index (χ0) is 18.4. The average molecular weight is 353 g/mol. The summed E-state index contributed by atoms with van der Waals surface area (Å²) in [6.45, 7) is 4.26. The van der Waals surface area contributed by atoms with Gasteiger partial charge < -0.3 is 9.47 Å². The second-order valence-corrected chi connectivity index (χ2v) is 7.13. The van der Waals surface area contributed by atoms with Gasteiger partial charge in [0.25, 0.3) is 0 Å². The lowest BCUT2D eigenvalue weighted by molar-refractivity contribution is -0.118. The minimum Gasteiger partial charge on any atom is -0.493 e. The standard InChI is InChI=1S/C20H23N3O3/c1-11(2)8-14-20(24)23-15-10-17(26-4)16(25-3)9-13(15)18-12(19(23)22-14)6-5-7-21-18/h5-7,9-11,14,19,22H,8H2,1-4H3/t14-,19-/m0/s1. The molecule has 4 rings (SSSR count). The van der Waals surface area contributed by atoms with Crippen molar-refractivity contribution in [3.8, 4) is 22.8 Å². The third kappa shape index (κ3) is 2.44. The Morgan fingerprint density at radius 1 is 1.23 bits per heavy atom. The summed E-state index contributed by atoms with van der Waals surface area (Å²) in [5, 5.41) is 3.50. The lowest BCUT2D eigenvalue weighted by Crippen LogP contribution is -2.34. The van der Waals surface area contributed by atoms with E-state index >= 15 is 0 Å². The zero-order valence-corrected chi connectivity index (χ0v) is 15.4. The normalized spacial score (nSPS) is 20.7. The lowest BCUT2D eigenvalue weighted by Gasteiger charge is -2.33. The van der Waals surface area contributed by atoms with Gasteiger partial charge in [0.1, 0.15) is 6.17 Å². The Morgan fingerprint density at radius 3 is 2.65 bits per heavy atom. The minimum absolute atomic E-state index is 0.0895. The molecule has 1 fully saturated rings. The first kappa shape index (κ1) is 16.8. The van der Waals surface area contributed by atoms with Crippen molar-refractivity contribution >= 4 is 11.6 Å². The highest BCUT2D eigenvalue weighted by atomic mass is 16.5. The maximum absolute atomic E-state index is 13.2. The molecule has 0 spiro atoms. The molecule has 1 saturated heterocycles. The van der Waals surface area contributed by atoms with Crippen LogP contribution in [-0.2, 0) is 4.79 Å². The molecule has 0 saturated carbocycles. The highest BCUT2D eigenvalue weighted by Crippen LogP contribution is 2.49. The Morgan fingerprint density at radius 2 is 1.96 bits per heavy atom. The van der Waals surface area contributed by atoms with E-state index in [4.69, 9.17) is 9.47 Å². The molecule has 1 amide bonds. The number of nitrogens with one attached hydrogen (secondary N) is 1. The molecule has 0 unspecified atom stereocenters. The van der Waals surface area contributed by atoms with Crippen molar-refractivity contribution in [1.29, 1.82) is 0 Å². The van der Waals surface area contributed by atoms with Gasteiger partial charge in [-0.15, -0.1) is 0 Å². The van der Waals surface area contributed by atoms with Crippen LogP contribution in [0.15, 0.2) is 30.5 Å². The summed E-state index contributed by atoms with van der Waals surface area (Å²) in [5.41, 5.74) is 3.57. The highest BCUT2D eigenvalue weighted by molar-refractivity contribution is 6.05. The molecule has 0 aliphatic carbocycles. The number of rotatable bonds is 4. The highest BCUT2D eigenvalue weighted by Gasteiger charge is 2.45. The van der Waals surface area contributed by atoms with Gasteiger partial charge in [-0.05, 0) is 24.5 Å². The number of anilines is 1. The number of hydrogen-bond acceptors (Lipinski definition) is 5. The molecule has 1 aromatic carbocycles. The van der Waals surface area contributed by atoms with Crippen LogP contribution in [0.4, 0.5) is 5.69 Å². The van der Waals surface area contributed by atoms with Crippen molar-refractivity contribution in [2.75, 3.05) is 19.1 Å². The molecule has 136 valence electrons. The molecule has 2 atom stereocenters. The number of benzene rings is 1. The SMILES string of the molecule is COc1cc2c(cc1OC)N1C(=O)[C@H](CC(C)C)N[C@@H]1c1cccnc1-2. The van der Waals surface area contributed by atoms with Gasteiger partial charge in [0, 0.05) is 23.4 Å². The number of ether oxygens (including phenoxy) is 2. The second kappa shape index (κ2) is 6.29. The number of hydrogen-bond donors (Lipinski definition) is 1. The largest absolute Gasteiger partial charge is 0.493 e. The van der Waals surface area contributed by atoms with Crippen molar-refractivity contribution in [2.24, 2.45) is 5.92 Å². The number of fused-ring (bicyclic) bond motifs is 6. The smallest absolute Gasteiger partial charge is 0.245 e. The maximum Gasteiger partial charge on any atom is 0.245 e. The predicted molar refractivity (Wildman–Crippen MR) is 99.4 cm³/mol. The van der Waals surface area contributed by atoms with E-state index in [9.17, 15) is 4.79 Å². The molecule has 26 heavy (non-hydrogen) atoms. The van der Waals surface area contributed by atoms with Crippen molar-refractivity contribution in [3.63, 3.8) is 0 Å². The van der Waals surface area contributed by atoms with Gasteiger partial charge in [-0.3, -0.25) is 20.0 Å². The van der Waals surface area contributed by atoms with Gasteiger partial charge in [0.05, 0.1) is 31.6 Å². The van der Waals surface area contributed by atoms with Crippen molar-refractivity contribution in [2.45, 2.75) is 32.5 Å². The molecule has 2 aromatic rings. The van der Waals surface area contributed by atoms with E-state index in [1.807, 2.05) is 29.2 Å². The minimum atomic E-state index is -0.208. The average Bonchev–Trinajstić information content (AvgIpc) is 2.97. The van der Waals surface area contributed by atoms with Crippen molar-refractivity contribution in [1.82, 2.24) is 10.3 Å². The van der Waals surface area contributed by atoms with Crippen LogP contribution < -0.4 is 19.7 Å². The molecule has 6 nitrogen and oxygen atoms in total. The first-order valence-corrected chi connectivity index (χ1v) is 8.85. The summed E-state index contributed by atoms with van der Waals surface area (Å²) in [6.07, 6.45) is 2.36. The Bertz CT molecular complexity index is 865. The molecule has 0 radical (unpaired) electrons. The van der Waals surface area contributed by atoms with Gasteiger partial charge >= 0.3 is 0 Å². The summed E-state index contributed by atoms with van der Waals surface area (Å²) in [5.74, 6) is 1.74. The second-order valence-electron chi connectivity index (χ2n) is 7.13. The number of nitrogens with zero attached hydrogens (tertiary/aromatic N) is 2. The zero-order valence-electron chi connectivity index (χ0n) is 15.4. The fourth-order valence-electron chi connectivity index (χ4n) is 3.88. The molecular weight excluding hydrogens is 330 g/mol. The maximum atomic E-state index is 13.2. The Hall–Kier alpha value is -2.60. The van der Waals surface area contributed by atoms with E-state index in [1.165, 1.54) is 0 Å². The first-order valence-electron chi connectivity index (χ1n) is 8.85. The lowest BCUT2D eigenvalue weighted by atomic mass is 9.96. The number of aromatic nitrogens is 1. The fourth-order valence-corrected chi connectivity index (χ4v) is 3.88. The Labute approximate surface area is 153 Å². The number of carbonyl (C=O) groups excluding carboxylic acids is 1. The van der Waals surface area contributed by atoms with E-state index in [2.05, 4.69) is 24.1 Å². The third-order valence-corrected chi connectivity index (χ3v) is 5.01. The predicted octanol–water partition coefficient (Wildman–Crippen LogP) is 3.13. The summed E-state index contributed by atoms with van der Waals surface area (Å²) < 4.78 is 10.9. The molecule has 6 heteroatoms.